The Hall–Kier alpha value is -3.34. The number of halogens is 1. The van der Waals surface area contributed by atoms with Crippen LogP contribution in [0.5, 0.6) is 11.5 Å². The van der Waals surface area contributed by atoms with E-state index in [-0.39, 0.29) is 29.0 Å². The van der Waals surface area contributed by atoms with Crippen LogP contribution in [0.3, 0.4) is 0 Å². The van der Waals surface area contributed by atoms with E-state index < -0.39 is 0 Å². The van der Waals surface area contributed by atoms with E-state index in [1.165, 1.54) is 24.3 Å². The van der Waals surface area contributed by atoms with Crippen LogP contribution in [0.4, 0.5) is 4.39 Å². The minimum atomic E-state index is -0.279. The monoisotopic (exact) mass is 490 g/mol. The third-order valence-electron chi connectivity index (χ3n) is 7.18. The SMILES string of the molecule is COC(=O)[C@@H](C)[C@@H]1CCc2ccc(OCc3ccc(-c4cc(OC)ccc4F)c(C(C)(C)C)c3)cc21. The molecule has 190 valence electrons. The van der Waals surface area contributed by atoms with Gasteiger partial charge in [0.05, 0.1) is 20.1 Å². The molecule has 0 amide bonds. The molecule has 36 heavy (non-hydrogen) atoms. The van der Waals surface area contributed by atoms with Crippen LogP contribution in [0.1, 0.15) is 62.3 Å². The van der Waals surface area contributed by atoms with Crippen molar-refractivity contribution >= 4 is 5.97 Å². The predicted molar refractivity (Wildman–Crippen MR) is 140 cm³/mol. The summed E-state index contributed by atoms with van der Waals surface area (Å²) in [5.74, 6) is 0.889. The molecule has 0 saturated heterocycles. The number of ether oxygens (including phenoxy) is 3. The summed E-state index contributed by atoms with van der Waals surface area (Å²) in [6.45, 7) is 8.69. The molecule has 1 aliphatic carbocycles. The van der Waals surface area contributed by atoms with Gasteiger partial charge in [0.2, 0.25) is 0 Å². The zero-order chi connectivity index (χ0) is 26.0. The van der Waals surface area contributed by atoms with Gasteiger partial charge in [0.15, 0.2) is 0 Å². The standard InChI is InChI=1S/C31H35FO4/c1-19(30(33)35-6)24-13-9-21-8-10-23(17-26(21)24)36-18-20-7-12-25(28(15-20)31(2,3)4)27-16-22(34-5)11-14-29(27)32/h7-8,10-12,14-17,19,24H,9,13,18H2,1-6H3/t19-,24-/m0/s1. The van der Waals surface area contributed by atoms with Crippen LogP contribution in [0.15, 0.2) is 54.6 Å². The topological polar surface area (TPSA) is 44.8 Å². The quantitative estimate of drug-likeness (QED) is 0.328. The summed E-state index contributed by atoms with van der Waals surface area (Å²) in [5.41, 5.74) is 5.65. The highest BCUT2D eigenvalue weighted by Crippen LogP contribution is 2.41. The number of carbonyl (C=O) groups is 1. The third kappa shape index (κ3) is 5.25. The molecule has 4 nitrogen and oxygen atoms in total. The largest absolute Gasteiger partial charge is 0.497 e. The maximum absolute atomic E-state index is 14.8. The van der Waals surface area contributed by atoms with Gasteiger partial charge in [-0.15, -0.1) is 0 Å². The molecule has 3 aromatic rings. The lowest BCUT2D eigenvalue weighted by Gasteiger charge is -2.25. The van der Waals surface area contributed by atoms with E-state index >= 15 is 0 Å². The average molecular weight is 491 g/mol. The molecule has 0 spiro atoms. The van der Waals surface area contributed by atoms with Gasteiger partial charge in [-0.25, -0.2) is 4.39 Å². The van der Waals surface area contributed by atoms with Gasteiger partial charge in [0.1, 0.15) is 23.9 Å². The number of methoxy groups -OCH3 is 2. The molecule has 0 heterocycles. The minimum absolute atomic E-state index is 0.139. The number of carbonyl (C=O) groups excluding carboxylic acids is 1. The van der Waals surface area contributed by atoms with Crippen molar-refractivity contribution in [2.24, 2.45) is 5.92 Å². The van der Waals surface area contributed by atoms with Gasteiger partial charge in [0, 0.05) is 5.56 Å². The summed E-state index contributed by atoms with van der Waals surface area (Å²) in [4.78, 5) is 12.1. The van der Waals surface area contributed by atoms with Gasteiger partial charge in [-0.3, -0.25) is 4.79 Å². The van der Waals surface area contributed by atoms with Crippen LogP contribution < -0.4 is 9.47 Å². The lowest BCUT2D eigenvalue weighted by atomic mass is 9.81. The summed E-state index contributed by atoms with van der Waals surface area (Å²) in [6, 6.07) is 17.0. The summed E-state index contributed by atoms with van der Waals surface area (Å²) in [6.07, 6.45) is 1.89. The number of aryl methyl sites for hydroxylation is 1. The van der Waals surface area contributed by atoms with Crippen molar-refractivity contribution in [3.63, 3.8) is 0 Å². The molecule has 0 fully saturated rings. The molecule has 0 bridgehead atoms. The normalized spacial score (nSPS) is 15.8. The van der Waals surface area contributed by atoms with E-state index in [1.807, 2.05) is 25.1 Å². The molecule has 4 rings (SSSR count). The van der Waals surface area contributed by atoms with Gasteiger partial charge in [-0.1, -0.05) is 52.0 Å². The van der Waals surface area contributed by atoms with Crippen molar-refractivity contribution in [3.8, 4) is 22.6 Å². The summed E-state index contributed by atoms with van der Waals surface area (Å²) < 4.78 is 31.3. The second-order valence-electron chi connectivity index (χ2n) is 10.6. The van der Waals surface area contributed by atoms with Gasteiger partial charge in [-0.05, 0) is 82.3 Å². The van der Waals surface area contributed by atoms with Crippen molar-refractivity contribution in [3.05, 3.63) is 82.7 Å². The van der Waals surface area contributed by atoms with E-state index in [4.69, 9.17) is 14.2 Å². The number of esters is 1. The number of hydrogen-bond donors (Lipinski definition) is 0. The number of hydrogen-bond acceptors (Lipinski definition) is 4. The molecular weight excluding hydrogens is 455 g/mol. The molecule has 2 atom stereocenters. The smallest absolute Gasteiger partial charge is 0.308 e. The molecule has 0 aliphatic heterocycles. The summed E-state index contributed by atoms with van der Waals surface area (Å²) >= 11 is 0. The van der Waals surface area contributed by atoms with Crippen LogP contribution in [0.25, 0.3) is 11.1 Å². The second-order valence-corrected chi connectivity index (χ2v) is 10.6. The first kappa shape index (κ1) is 25.7. The Bertz CT molecular complexity index is 1260. The first-order valence-electron chi connectivity index (χ1n) is 12.4. The van der Waals surface area contributed by atoms with E-state index in [0.29, 0.717) is 17.9 Å². The highest BCUT2D eigenvalue weighted by molar-refractivity contribution is 5.73. The van der Waals surface area contributed by atoms with Crippen LogP contribution in [0, 0.1) is 11.7 Å². The average Bonchev–Trinajstić information content (AvgIpc) is 3.29. The molecule has 0 unspecified atom stereocenters. The van der Waals surface area contributed by atoms with Crippen molar-refractivity contribution in [2.45, 2.75) is 58.5 Å². The van der Waals surface area contributed by atoms with Crippen LogP contribution in [-0.2, 0) is 28.0 Å². The lowest BCUT2D eigenvalue weighted by Crippen LogP contribution is -2.19. The highest BCUT2D eigenvalue weighted by atomic mass is 19.1. The molecular formula is C31H35FO4. The maximum Gasteiger partial charge on any atom is 0.308 e. The van der Waals surface area contributed by atoms with Gasteiger partial charge < -0.3 is 14.2 Å². The molecule has 5 heteroatoms. The van der Waals surface area contributed by atoms with Crippen molar-refractivity contribution in [1.29, 1.82) is 0 Å². The predicted octanol–water partition coefficient (Wildman–Crippen LogP) is 7.22. The first-order valence-corrected chi connectivity index (χ1v) is 12.4. The van der Waals surface area contributed by atoms with E-state index in [0.717, 1.165) is 35.3 Å². The zero-order valence-corrected chi connectivity index (χ0v) is 22.0. The van der Waals surface area contributed by atoms with Crippen molar-refractivity contribution < 1.29 is 23.4 Å². The first-order chi connectivity index (χ1) is 17.1. The zero-order valence-electron chi connectivity index (χ0n) is 22.0. The Morgan fingerprint density at radius 1 is 1.00 bits per heavy atom. The summed E-state index contributed by atoms with van der Waals surface area (Å²) in [5, 5.41) is 0. The highest BCUT2D eigenvalue weighted by Gasteiger charge is 2.32. The molecule has 3 aromatic carbocycles. The van der Waals surface area contributed by atoms with Crippen LogP contribution in [0.2, 0.25) is 0 Å². The molecule has 0 saturated carbocycles. The third-order valence-corrected chi connectivity index (χ3v) is 7.18. The number of rotatable bonds is 7. The Morgan fingerprint density at radius 2 is 1.75 bits per heavy atom. The second kappa shape index (κ2) is 10.3. The van der Waals surface area contributed by atoms with Crippen LogP contribution >= 0.6 is 0 Å². The van der Waals surface area contributed by atoms with Gasteiger partial charge in [0.25, 0.3) is 0 Å². The minimum Gasteiger partial charge on any atom is -0.497 e. The van der Waals surface area contributed by atoms with Gasteiger partial charge >= 0.3 is 5.97 Å². The number of fused-ring (bicyclic) bond motifs is 1. The molecule has 1 aliphatic rings. The fourth-order valence-electron chi connectivity index (χ4n) is 5.11. The molecule has 0 N–H and O–H groups in total. The van der Waals surface area contributed by atoms with Crippen LogP contribution in [-0.4, -0.2) is 20.2 Å². The van der Waals surface area contributed by atoms with Gasteiger partial charge in [-0.2, -0.15) is 0 Å². The number of benzene rings is 3. The van der Waals surface area contributed by atoms with E-state index in [1.54, 1.807) is 19.2 Å². The lowest BCUT2D eigenvalue weighted by molar-refractivity contribution is -0.145. The molecule has 0 radical (unpaired) electrons. The Kier molecular flexibility index (Phi) is 7.39. The Labute approximate surface area is 213 Å². The Morgan fingerprint density at radius 3 is 2.44 bits per heavy atom. The summed E-state index contributed by atoms with van der Waals surface area (Å²) in [7, 11) is 3.02. The maximum atomic E-state index is 14.8. The fourth-order valence-corrected chi connectivity index (χ4v) is 5.11. The Balaban J connectivity index is 1.59. The van der Waals surface area contributed by atoms with Crippen molar-refractivity contribution in [2.75, 3.05) is 14.2 Å². The fraction of sp³-hybridized carbons (Fsp3) is 0.387. The van der Waals surface area contributed by atoms with Crippen molar-refractivity contribution in [1.82, 2.24) is 0 Å². The van der Waals surface area contributed by atoms with E-state index in [2.05, 4.69) is 39.0 Å². The molecule has 0 aromatic heterocycles. The van der Waals surface area contributed by atoms with E-state index in [9.17, 15) is 9.18 Å².